The van der Waals surface area contributed by atoms with E-state index in [1.165, 1.54) is 0 Å². The molecule has 6 heteroatoms. The van der Waals surface area contributed by atoms with E-state index in [4.69, 9.17) is 0 Å². The molecule has 2 aliphatic rings. The first-order valence-electron chi connectivity index (χ1n) is 8.66. The molecule has 26 heavy (non-hydrogen) atoms. The maximum atomic E-state index is 12.5. The van der Waals surface area contributed by atoms with Crippen LogP contribution in [0.4, 0.5) is 4.79 Å². The Morgan fingerprint density at radius 2 is 1.77 bits per heavy atom. The van der Waals surface area contributed by atoms with Gasteiger partial charge in [-0.3, -0.25) is 14.9 Å². The van der Waals surface area contributed by atoms with Gasteiger partial charge in [-0.15, -0.1) is 0 Å². The smallest absolute Gasteiger partial charge is 0.322 e. The fraction of sp³-hybridized carbons (Fsp3) is 0.250. The van der Waals surface area contributed by atoms with Gasteiger partial charge < -0.3 is 10.2 Å². The van der Waals surface area contributed by atoms with Crippen LogP contribution in [0.5, 0.6) is 0 Å². The molecular weight excluding hydrogens is 330 g/mol. The summed E-state index contributed by atoms with van der Waals surface area (Å²) in [6.07, 6.45) is 4.27. The van der Waals surface area contributed by atoms with E-state index in [1.54, 1.807) is 11.0 Å². The predicted molar refractivity (Wildman–Crippen MR) is 98.2 cm³/mol. The van der Waals surface area contributed by atoms with Crippen LogP contribution in [0, 0.1) is 0 Å². The lowest BCUT2D eigenvalue weighted by molar-refractivity contribution is -0.132. The maximum Gasteiger partial charge on any atom is 0.322 e. The highest BCUT2D eigenvalue weighted by molar-refractivity contribution is 6.07. The SMILES string of the molecule is O=C1NC(=O)C2(CCN(C(=O)/C=C/c3cccc4ccccc34)CC2)N1. The lowest BCUT2D eigenvalue weighted by Gasteiger charge is -2.36. The van der Waals surface area contributed by atoms with Crippen LogP contribution in [0.3, 0.4) is 0 Å². The number of piperidine rings is 1. The van der Waals surface area contributed by atoms with Gasteiger partial charge in [-0.25, -0.2) is 4.79 Å². The number of likely N-dealkylation sites (tertiary alicyclic amines) is 1. The van der Waals surface area contributed by atoms with Crippen molar-refractivity contribution >= 4 is 34.7 Å². The number of amides is 4. The fourth-order valence-corrected chi connectivity index (χ4v) is 3.65. The van der Waals surface area contributed by atoms with Crippen molar-refractivity contribution in [1.29, 1.82) is 0 Å². The zero-order valence-corrected chi connectivity index (χ0v) is 14.2. The van der Waals surface area contributed by atoms with Gasteiger partial charge in [0, 0.05) is 19.2 Å². The van der Waals surface area contributed by atoms with Crippen LogP contribution >= 0.6 is 0 Å². The molecule has 6 nitrogen and oxygen atoms in total. The molecule has 0 atom stereocenters. The first-order chi connectivity index (χ1) is 12.6. The third-order valence-electron chi connectivity index (χ3n) is 5.17. The van der Waals surface area contributed by atoms with Crippen molar-refractivity contribution in [3.8, 4) is 0 Å². The second kappa shape index (κ2) is 6.29. The zero-order chi connectivity index (χ0) is 18.1. The number of urea groups is 1. The zero-order valence-electron chi connectivity index (χ0n) is 14.2. The van der Waals surface area contributed by atoms with E-state index in [0.29, 0.717) is 25.9 Å². The standard InChI is InChI=1S/C20H19N3O3/c24-17(9-8-15-6-3-5-14-4-1-2-7-16(14)15)23-12-10-20(11-13-23)18(25)21-19(26)22-20/h1-9H,10-13H2,(H2,21,22,25,26)/b9-8+. The van der Waals surface area contributed by atoms with Gasteiger partial charge in [0.15, 0.2) is 0 Å². The Labute approximate surface area is 150 Å². The topological polar surface area (TPSA) is 78.5 Å². The molecule has 2 fully saturated rings. The van der Waals surface area contributed by atoms with E-state index in [0.717, 1.165) is 16.3 Å². The minimum Gasteiger partial charge on any atom is -0.339 e. The van der Waals surface area contributed by atoms with E-state index >= 15 is 0 Å². The van der Waals surface area contributed by atoms with Crippen molar-refractivity contribution in [2.75, 3.05) is 13.1 Å². The van der Waals surface area contributed by atoms with Crippen molar-refractivity contribution in [1.82, 2.24) is 15.5 Å². The van der Waals surface area contributed by atoms with E-state index in [-0.39, 0.29) is 11.8 Å². The molecule has 0 aromatic heterocycles. The first-order valence-corrected chi connectivity index (χ1v) is 8.66. The first kappa shape index (κ1) is 16.3. The molecule has 2 heterocycles. The van der Waals surface area contributed by atoms with E-state index in [9.17, 15) is 14.4 Å². The van der Waals surface area contributed by atoms with Crippen LogP contribution in [0.15, 0.2) is 48.5 Å². The van der Waals surface area contributed by atoms with Crippen molar-refractivity contribution in [3.63, 3.8) is 0 Å². The minimum absolute atomic E-state index is 0.0856. The largest absolute Gasteiger partial charge is 0.339 e. The number of nitrogens with one attached hydrogen (secondary N) is 2. The molecule has 2 aromatic rings. The molecule has 4 rings (SSSR count). The molecule has 4 amide bonds. The quantitative estimate of drug-likeness (QED) is 0.643. The summed E-state index contributed by atoms with van der Waals surface area (Å²) in [5, 5.41) is 7.21. The van der Waals surface area contributed by atoms with Crippen molar-refractivity contribution in [2.45, 2.75) is 18.4 Å². The number of benzene rings is 2. The molecule has 0 radical (unpaired) electrons. The Hall–Kier alpha value is -3.15. The average molecular weight is 349 g/mol. The Balaban J connectivity index is 1.45. The van der Waals surface area contributed by atoms with Gasteiger partial charge >= 0.3 is 6.03 Å². The molecule has 0 saturated carbocycles. The molecule has 2 aromatic carbocycles. The predicted octanol–water partition coefficient (Wildman–Crippen LogP) is 2.05. The lowest BCUT2D eigenvalue weighted by Crippen LogP contribution is -2.55. The number of fused-ring (bicyclic) bond motifs is 1. The average Bonchev–Trinajstić information content (AvgIpc) is 2.93. The van der Waals surface area contributed by atoms with Gasteiger partial charge in [0.2, 0.25) is 5.91 Å². The van der Waals surface area contributed by atoms with Gasteiger partial charge in [-0.1, -0.05) is 42.5 Å². The second-order valence-corrected chi connectivity index (χ2v) is 6.72. The Morgan fingerprint density at radius 3 is 2.50 bits per heavy atom. The normalized spacial score (nSPS) is 19.2. The Morgan fingerprint density at radius 1 is 1.04 bits per heavy atom. The van der Waals surface area contributed by atoms with Gasteiger partial charge in [0.25, 0.3) is 5.91 Å². The summed E-state index contributed by atoms with van der Waals surface area (Å²) in [4.78, 5) is 37.6. The van der Waals surface area contributed by atoms with Crippen molar-refractivity contribution < 1.29 is 14.4 Å². The number of carbonyl (C=O) groups is 3. The van der Waals surface area contributed by atoms with Gasteiger partial charge in [0.05, 0.1) is 0 Å². The molecule has 1 spiro atoms. The van der Waals surface area contributed by atoms with E-state index in [2.05, 4.69) is 10.6 Å². The van der Waals surface area contributed by atoms with Crippen LogP contribution in [0.1, 0.15) is 18.4 Å². The van der Waals surface area contributed by atoms with Crippen molar-refractivity contribution in [3.05, 3.63) is 54.1 Å². The summed E-state index contributed by atoms with van der Waals surface area (Å²) in [6.45, 7) is 0.874. The number of hydrogen-bond acceptors (Lipinski definition) is 3. The summed E-state index contributed by atoms with van der Waals surface area (Å²) in [6, 6.07) is 13.6. The fourth-order valence-electron chi connectivity index (χ4n) is 3.65. The summed E-state index contributed by atoms with van der Waals surface area (Å²) in [7, 11) is 0. The number of carbonyl (C=O) groups excluding carboxylic acids is 3. The summed E-state index contributed by atoms with van der Waals surface area (Å²) in [5.41, 5.74) is 0.139. The highest BCUT2D eigenvalue weighted by Gasteiger charge is 2.48. The van der Waals surface area contributed by atoms with Crippen LogP contribution in [0.25, 0.3) is 16.8 Å². The van der Waals surface area contributed by atoms with Crippen LogP contribution in [-0.2, 0) is 9.59 Å². The monoisotopic (exact) mass is 349 g/mol. The highest BCUT2D eigenvalue weighted by atomic mass is 16.2. The number of hydrogen-bond donors (Lipinski definition) is 2. The van der Waals surface area contributed by atoms with Crippen LogP contribution in [-0.4, -0.2) is 41.4 Å². The summed E-state index contributed by atoms with van der Waals surface area (Å²) in [5.74, 6) is -0.376. The van der Waals surface area contributed by atoms with Crippen molar-refractivity contribution in [2.24, 2.45) is 0 Å². The second-order valence-electron chi connectivity index (χ2n) is 6.72. The number of rotatable bonds is 2. The molecule has 0 unspecified atom stereocenters. The van der Waals surface area contributed by atoms with E-state index < -0.39 is 11.6 Å². The Kier molecular flexibility index (Phi) is 3.95. The maximum absolute atomic E-state index is 12.5. The lowest BCUT2D eigenvalue weighted by atomic mass is 9.87. The number of nitrogens with zero attached hydrogens (tertiary/aromatic N) is 1. The third-order valence-corrected chi connectivity index (χ3v) is 5.17. The minimum atomic E-state index is -0.854. The highest BCUT2D eigenvalue weighted by Crippen LogP contribution is 2.26. The van der Waals surface area contributed by atoms with E-state index in [1.807, 2.05) is 48.5 Å². The van der Waals surface area contributed by atoms with Crippen LogP contribution < -0.4 is 10.6 Å². The molecular formula is C20H19N3O3. The molecule has 0 bridgehead atoms. The summed E-state index contributed by atoms with van der Waals surface area (Å²) < 4.78 is 0. The Bertz CT molecular complexity index is 922. The third kappa shape index (κ3) is 2.83. The number of imide groups is 1. The molecule has 132 valence electrons. The molecule has 2 aliphatic heterocycles. The van der Waals surface area contributed by atoms with Gasteiger partial charge in [-0.05, 0) is 35.3 Å². The van der Waals surface area contributed by atoms with Gasteiger partial charge in [-0.2, -0.15) is 0 Å². The molecule has 0 aliphatic carbocycles. The molecule has 2 saturated heterocycles. The van der Waals surface area contributed by atoms with Crippen LogP contribution in [0.2, 0.25) is 0 Å². The summed E-state index contributed by atoms with van der Waals surface area (Å²) >= 11 is 0. The van der Waals surface area contributed by atoms with Gasteiger partial charge in [0.1, 0.15) is 5.54 Å². The molecule has 2 N–H and O–H groups in total.